The fraction of sp³-hybridized carbons (Fsp3) is 0.302. The number of phenolic OH excluding ortho intramolecular Hbond substituents is 1. The number of amides is 4. The SMILES string of the molecule is COc1cc(O)c(C2C3=CCC4C(=O)N(c5cc(C(F)(F)F)cc(C(F)(F)F)c5)C(=O)C4C3CC3C(=O)N(Nc4ccc(C)cc4)C(=O)C32c2ccccc2)c(OC)c1. The van der Waals surface area contributed by atoms with Gasteiger partial charge in [-0.3, -0.25) is 24.6 Å². The standard InChI is InChI=1S/C43H35F6N3O7/c1-21-9-11-25(12-10-21)50-52-38(55)31-20-30-28(36(35-32(53)18-27(58-2)19-33(35)59-3)41(31,40(52)57)22-7-5-4-6-8-22)13-14-29-34(30)39(56)51(37(29)54)26-16-23(42(44,45)46)15-24(17-26)43(47,48)49/h4-13,15-19,29-31,34,36,50,53H,14,20H2,1-3H3. The van der Waals surface area contributed by atoms with Crippen molar-refractivity contribution >= 4 is 35.0 Å². The highest BCUT2D eigenvalue weighted by Gasteiger charge is 2.71. The molecule has 6 atom stereocenters. The maximum atomic E-state index is 15.4. The van der Waals surface area contributed by atoms with Crippen LogP contribution in [0.15, 0.2) is 96.6 Å². The number of phenols is 1. The molecule has 16 heteroatoms. The maximum Gasteiger partial charge on any atom is 0.416 e. The summed E-state index contributed by atoms with van der Waals surface area (Å²) in [7, 11) is 2.68. The van der Waals surface area contributed by atoms with Crippen LogP contribution < -0.4 is 19.8 Å². The smallest absolute Gasteiger partial charge is 0.416 e. The molecule has 3 fully saturated rings. The van der Waals surface area contributed by atoms with Gasteiger partial charge in [-0.2, -0.15) is 31.4 Å². The van der Waals surface area contributed by atoms with Gasteiger partial charge in [-0.05, 0) is 61.6 Å². The van der Waals surface area contributed by atoms with E-state index in [9.17, 15) is 45.8 Å². The number of benzene rings is 4. The normalized spacial score (nSPS) is 25.4. The molecule has 0 radical (unpaired) electrons. The number of anilines is 2. The number of allylic oxidation sites excluding steroid dienone is 2. The number of halogens is 6. The van der Waals surface area contributed by atoms with Crippen molar-refractivity contribution in [3.8, 4) is 17.2 Å². The average Bonchev–Trinajstić information content (AvgIpc) is 3.58. The number of methoxy groups -OCH3 is 2. The van der Waals surface area contributed by atoms with Gasteiger partial charge < -0.3 is 14.6 Å². The molecule has 0 spiro atoms. The van der Waals surface area contributed by atoms with Crippen molar-refractivity contribution in [3.63, 3.8) is 0 Å². The molecule has 2 aliphatic carbocycles. The molecule has 2 aliphatic heterocycles. The van der Waals surface area contributed by atoms with E-state index in [1.165, 1.54) is 26.4 Å². The number of hydrogen-bond donors (Lipinski definition) is 2. The number of imide groups is 2. The number of ether oxygens (including phenoxy) is 2. The predicted octanol–water partition coefficient (Wildman–Crippen LogP) is 7.94. The Labute approximate surface area is 333 Å². The number of hydrazine groups is 1. The summed E-state index contributed by atoms with van der Waals surface area (Å²) in [4.78, 5) is 59.4. The maximum absolute atomic E-state index is 15.4. The van der Waals surface area contributed by atoms with Gasteiger partial charge in [-0.15, -0.1) is 0 Å². The second kappa shape index (κ2) is 13.9. The summed E-state index contributed by atoms with van der Waals surface area (Å²) in [6.45, 7) is 1.86. The van der Waals surface area contributed by atoms with Crippen LogP contribution in [0, 0.1) is 30.6 Å². The molecule has 0 bridgehead atoms. The summed E-state index contributed by atoms with van der Waals surface area (Å²) in [5, 5.41) is 12.8. The van der Waals surface area contributed by atoms with Crippen LogP contribution in [0.2, 0.25) is 0 Å². The van der Waals surface area contributed by atoms with E-state index in [0.717, 1.165) is 10.6 Å². The Bertz CT molecular complexity index is 2400. The lowest BCUT2D eigenvalue weighted by Crippen LogP contribution is -2.53. The van der Waals surface area contributed by atoms with Gasteiger partial charge in [0.15, 0.2) is 0 Å². The lowest BCUT2D eigenvalue weighted by Gasteiger charge is -2.50. The van der Waals surface area contributed by atoms with Crippen molar-refractivity contribution in [1.82, 2.24) is 5.01 Å². The number of aromatic hydroxyl groups is 1. The Morgan fingerprint density at radius 3 is 2.02 bits per heavy atom. The van der Waals surface area contributed by atoms with Gasteiger partial charge in [0.25, 0.3) is 11.8 Å². The number of nitrogens with zero attached hydrogens (tertiary/aromatic N) is 2. The van der Waals surface area contributed by atoms with Gasteiger partial charge in [0.2, 0.25) is 11.8 Å². The molecule has 4 aromatic rings. The van der Waals surface area contributed by atoms with Gasteiger partial charge in [-0.25, -0.2) is 4.90 Å². The first kappa shape index (κ1) is 39.5. The number of alkyl halides is 6. The number of nitrogens with one attached hydrogen (secondary N) is 1. The highest BCUT2D eigenvalue weighted by atomic mass is 19.4. The van der Waals surface area contributed by atoms with E-state index in [4.69, 9.17) is 9.47 Å². The summed E-state index contributed by atoms with van der Waals surface area (Å²) in [6.07, 6.45) is -9.34. The van der Waals surface area contributed by atoms with Gasteiger partial charge >= 0.3 is 12.4 Å². The summed E-state index contributed by atoms with van der Waals surface area (Å²) >= 11 is 0. The molecule has 0 aromatic heterocycles. The van der Waals surface area contributed by atoms with E-state index in [1.54, 1.807) is 60.7 Å². The molecule has 6 unspecified atom stereocenters. The molecule has 10 nitrogen and oxygen atoms in total. The first-order chi connectivity index (χ1) is 27.9. The monoisotopic (exact) mass is 819 g/mol. The molecule has 1 saturated carbocycles. The zero-order chi connectivity index (χ0) is 42.3. The lowest BCUT2D eigenvalue weighted by molar-refractivity contribution is -0.143. The molecular formula is C43H35F6N3O7. The van der Waals surface area contributed by atoms with Crippen LogP contribution in [0.5, 0.6) is 17.2 Å². The van der Waals surface area contributed by atoms with Crippen LogP contribution in [0.3, 0.4) is 0 Å². The second-order valence-electron chi connectivity index (χ2n) is 15.1. The summed E-state index contributed by atoms with van der Waals surface area (Å²) in [5.74, 6) is -9.93. The number of rotatable bonds is 7. The third kappa shape index (κ3) is 6.09. The Balaban J connectivity index is 1.34. The molecule has 2 heterocycles. The van der Waals surface area contributed by atoms with Crippen LogP contribution in [-0.4, -0.2) is 48.0 Å². The van der Waals surface area contributed by atoms with Gasteiger partial charge in [-0.1, -0.05) is 59.7 Å². The molecule has 2 N–H and O–H groups in total. The highest BCUT2D eigenvalue weighted by Crippen LogP contribution is 2.66. The van der Waals surface area contributed by atoms with Crippen LogP contribution in [0.25, 0.3) is 0 Å². The minimum Gasteiger partial charge on any atom is -0.507 e. The molecule has 306 valence electrons. The largest absolute Gasteiger partial charge is 0.507 e. The van der Waals surface area contributed by atoms with Crippen molar-refractivity contribution in [2.45, 2.75) is 43.5 Å². The second-order valence-corrected chi connectivity index (χ2v) is 15.1. The molecule has 4 aliphatic rings. The molecular weight excluding hydrogens is 784 g/mol. The summed E-state index contributed by atoms with van der Waals surface area (Å²) < 4.78 is 95.0. The fourth-order valence-corrected chi connectivity index (χ4v) is 9.55. The van der Waals surface area contributed by atoms with Crippen molar-refractivity contribution in [3.05, 3.63) is 124 Å². The molecule has 2 saturated heterocycles. The molecule has 8 rings (SSSR count). The van der Waals surface area contributed by atoms with Gasteiger partial charge in [0.05, 0.1) is 59.9 Å². The van der Waals surface area contributed by atoms with Crippen LogP contribution in [-0.2, 0) is 36.9 Å². The summed E-state index contributed by atoms with van der Waals surface area (Å²) in [5.41, 5.74) is -1.13. The van der Waals surface area contributed by atoms with Crippen molar-refractivity contribution < 1.29 is 60.1 Å². The minimum atomic E-state index is -5.26. The van der Waals surface area contributed by atoms with E-state index in [2.05, 4.69) is 5.43 Å². The van der Waals surface area contributed by atoms with E-state index in [-0.39, 0.29) is 36.0 Å². The highest BCUT2D eigenvalue weighted by molar-refractivity contribution is 6.22. The predicted molar refractivity (Wildman–Crippen MR) is 199 cm³/mol. The zero-order valence-corrected chi connectivity index (χ0v) is 31.5. The zero-order valence-electron chi connectivity index (χ0n) is 31.5. The molecule has 4 aromatic carbocycles. The van der Waals surface area contributed by atoms with Crippen LogP contribution in [0.1, 0.15) is 46.6 Å². The average molecular weight is 820 g/mol. The third-order valence-electron chi connectivity index (χ3n) is 12.1. The van der Waals surface area contributed by atoms with Crippen LogP contribution >= 0.6 is 0 Å². The molecule has 59 heavy (non-hydrogen) atoms. The Kier molecular flexibility index (Phi) is 9.31. The number of hydrogen-bond acceptors (Lipinski definition) is 8. The van der Waals surface area contributed by atoms with E-state index in [0.29, 0.717) is 33.9 Å². The van der Waals surface area contributed by atoms with Crippen molar-refractivity contribution in [1.29, 1.82) is 0 Å². The number of fused-ring (bicyclic) bond motifs is 4. The third-order valence-corrected chi connectivity index (χ3v) is 12.1. The van der Waals surface area contributed by atoms with E-state index >= 15 is 4.79 Å². The van der Waals surface area contributed by atoms with Gasteiger partial charge in [0, 0.05) is 23.6 Å². The number of carbonyl (C=O) groups is 4. The Morgan fingerprint density at radius 2 is 1.42 bits per heavy atom. The topological polar surface area (TPSA) is 125 Å². The Morgan fingerprint density at radius 1 is 0.780 bits per heavy atom. The van der Waals surface area contributed by atoms with E-state index in [1.807, 2.05) is 6.92 Å². The van der Waals surface area contributed by atoms with Crippen molar-refractivity contribution in [2.24, 2.45) is 23.7 Å². The number of aryl methyl sites for hydroxylation is 1. The first-order valence-corrected chi connectivity index (χ1v) is 18.5. The minimum absolute atomic E-state index is 0.0499. The lowest BCUT2D eigenvalue weighted by atomic mass is 9.49. The fourth-order valence-electron chi connectivity index (χ4n) is 9.55. The first-order valence-electron chi connectivity index (χ1n) is 18.5. The quantitative estimate of drug-likeness (QED) is 0.109. The van der Waals surface area contributed by atoms with E-state index < -0.39 is 93.5 Å². The summed E-state index contributed by atoms with van der Waals surface area (Å²) in [6, 6.07) is 18.6. The van der Waals surface area contributed by atoms with Gasteiger partial charge in [0.1, 0.15) is 17.2 Å². The number of carbonyl (C=O) groups excluding carboxylic acids is 4. The molecule has 4 amide bonds. The Hall–Kier alpha value is -6.32. The van der Waals surface area contributed by atoms with Crippen molar-refractivity contribution in [2.75, 3.05) is 24.5 Å². The van der Waals surface area contributed by atoms with Crippen LogP contribution in [0.4, 0.5) is 37.7 Å².